The maximum Gasteiger partial charge on any atom is 0.293 e. The van der Waals surface area contributed by atoms with Crippen molar-refractivity contribution >= 4 is 34.9 Å². The third kappa shape index (κ3) is 4.97. The first-order valence-corrected chi connectivity index (χ1v) is 10.1. The molecule has 31 heavy (non-hydrogen) atoms. The Bertz CT molecular complexity index is 1070. The van der Waals surface area contributed by atoms with Crippen LogP contribution >= 0.6 is 11.8 Å². The van der Waals surface area contributed by atoms with Gasteiger partial charge >= 0.3 is 0 Å². The van der Waals surface area contributed by atoms with Crippen molar-refractivity contribution in [3.05, 3.63) is 58.8 Å². The summed E-state index contributed by atoms with van der Waals surface area (Å²) < 4.78 is 28.9. The summed E-state index contributed by atoms with van der Waals surface area (Å²) in [5, 5.41) is 2.15. The van der Waals surface area contributed by atoms with Crippen molar-refractivity contribution in [3.63, 3.8) is 0 Å². The first-order valence-electron chi connectivity index (χ1n) is 9.30. The molecule has 0 aliphatic carbocycles. The molecule has 2 aliphatic rings. The molecule has 1 N–H and O–H groups in total. The van der Waals surface area contributed by atoms with E-state index in [0.29, 0.717) is 17.1 Å². The van der Waals surface area contributed by atoms with Gasteiger partial charge in [0.2, 0.25) is 6.79 Å². The van der Waals surface area contributed by atoms with E-state index in [0.717, 1.165) is 16.7 Å². The fourth-order valence-corrected chi connectivity index (χ4v) is 3.78. The standard InChI is InChI=1S/C21H17FN2O6S/c22-14-2-1-3-15(10-14)28-11-19(25)23-6-7-24-20(26)18(31-21(24)27)9-13-4-5-16-17(8-13)30-12-29-16/h1-5,8-10H,6-7,11-12H2,(H,23,25)/b18-9+. The SMILES string of the molecule is O=C(COc1cccc(F)c1)NCCN1C(=O)S/C(=C/c2ccc3c(c2)OCO3)C1=O. The number of amides is 3. The lowest BCUT2D eigenvalue weighted by Gasteiger charge is -2.13. The zero-order chi connectivity index (χ0) is 21.8. The topological polar surface area (TPSA) is 94.2 Å². The quantitative estimate of drug-likeness (QED) is 0.657. The summed E-state index contributed by atoms with van der Waals surface area (Å²) in [5.41, 5.74) is 0.706. The van der Waals surface area contributed by atoms with Crippen molar-refractivity contribution in [1.82, 2.24) is 10.2 Å². The van der Waals surface area contributed by atoms with Gasteiger partial charge in [0.1, 0.15) is 11.6 Å². The molecule has 0 spiro atoms. The number of thioether (sulfide) groups is 1. The van der Waals surface area contributed by atoms with E-state index in [4.69, 9.17) is 14.2 Å². The maximum atomic E-state index is 13.1. The molecule has 4 rings (SSSR count). The number of benzene rings is 2. The summed E-state index contributed by atoms with van der Waals surface area (Å²) in [7, 11) is 0. The number of fused-ring (bicyclic) bond motifs is 1. The van der Waals surface area contributed by atoms with Gasteiger partial charge in [-0.2, -0.15) is 0 Å². The summed E-state index contributed by atoms with van der Waals surface area (Å²) in [6, 6.07) is 10.7. The van der Waals surface area contributed by atoms with Gasteiger partial charge in [0.25, 0.3) is 17.1 Å². The maximum absolute atomic E-state index is 13.1. The second-order valence-electron chi connectivity index (χ2n) is 6.54. The van der Waals surface area contributed by atoms with E-state index in [1.165, 1.54) is 24.3 Å². The van der Waals surface area contributed by atoms with Crippen LogP contribution < -0.4 is 19.5 Å². The second-order valence-corrected chi connectivity index (χ2v) is 7.54. The van der Waals surface area contributed by atoms with Crippen LogP contribution in [0.5, 0.6) is 17.2 Å². The van der Waals surface area contributed by atoms with E-state index < -0.39 is 22.9 Å². The van der Waals surface area contributed by atoms with Crippen molar-refractivity contribution in [2.75, 3.05) is 26.5 Å². The lowest BCUT2D eigenvalue weighted by molar-refractivity contribution is -0.125. The van der Waals surface area contributed by atoms with Crippen LogP contribution in [0, 0.1) is 5.82 Å². The Hall–Kier alpha value is -3.53. The highest BCUT2D eigenvalue weighted by Gasteiger charge is 2.34. The van der Waals surface area contributed by atoms with Gasteiger partial charge in [-0.1, -0.05) is 12.1 Å². The van der Waals surface area contributed by atoms with Crippen LogP contribution in [-0.4, -0.2) is 48.4 Å². The lowest BCUT2D eigenvalue weighted by atomic mass is 10.2. The molecule has 3 amide bonds. The molecular formula is C21H17FN2O6S. The zero-order valence-electron chi connectivity index (χ0n) is 16.1. The zero-order valence-corrected chi connectivity index (χ0v) is 16.9. The molecule has 2 aromatic rings. The van der Waals surface area contributed by atoms with Crippen molar-refractivity contribution in [1.29, 1.82) is 0 Å². The molecule has 10 heteroatoms. The summed E-state index contributed by atoms with van der Waals surface area (Å²) in [4.78, 5) is 38.0. The first-order chi connectivity index (χ1) is 15.0. The van der Waals surface area contributed by atoms with E-state index in [1.54, 1.807) is 24.3 Å². The van der Waals surface area contributed by atoms with E-state index in [-0.39, 0.29) is 37.1 Å². The first kappa shape index (κ1) is 20.7. The van der Waals surface area contributed by atoms with Crippen LogP contribution in [0.1, 0.15) is 5.56 Å². The number of carbonyl (C=O) groups excluding carboxylic acids is 3. The van der Waals surface area contributed by atoms with Gasteiger partial charge in [-0.3, -0.25) is 19.3 Å². The Balaban J connectivity index is 1.27. The fourth-order valence-electron chi connectivity index (χ4n) is 2.91. The molecule has 0 aromatic heterocycles. The molecule has 1 fully saturated rings. The summed E-state index contributed by atoms with van der Waals surface area (Å²) >= 11 is 0.831. The molecule has 160 valence electrons. The Labute approximate surface area is 180 Å². The van der Waals surface area contributed by atoms with Crippen LogP contribution in [0.2, 0.25) is 0 Å². The average Bonchev–Trinajstić information content (AvgIpc) is 3.31. The number of imide groups is 1. The van der Waals surface area contributed by atoms with E-state index >= 15 is 0 Å². The summed E-state index contributed by atoms with van der Waals surface area (Å²) in [5.74, 6) is 0.0874. The van der Waals surface area contributed by atoms with Gasteiger partial charge in [-0.15, -0.1) is 0 Å². The third-order valence-electron chi connectivity index (χ3n) is 4.39. The van der Waals surface area contributed by atoms with Crippen molar-refractivity contribution in [3.8, 4) is 17.2 Å². The minimum absolute atomic E-state index is 0.0227. The van der Waals surface area contributed by atoms with Gasteiger partial charge < -0.3 is 19.5 Å². The fraction of sp³-hybridized carbons (Fsp3) is 0.190. The number of rotatable bonds is 7. The monoisotopic (exact) mass is 444 g/mol. The van der Waals surface area contributed by atoms with Crippen molar-refractivity contribution in [2.24, 2.45) is 0 Å². The number of halogens is 1. The summed E-state index contributed by atoms with van der Waals surface area (Å²) in [6.07, 6.45) is 1.61. The molecule has 8 nitrogen and oxygen atoms in total. The molecular weight excluding hydrogens is 427 g/mol. The predicted molar refractivity (Wildman–Crippen MR) is 110 cm³/mol. The Kier molecular flexibility index (Phi) is 6.08. The van der Waals surface area contributed by atoms with Crippen molar-refractivity contribution < 1.29 is 33.0 Å². The van der Waals surface area contributed by atoms with Crippen LogP contribution in [0.15, 0.2) is 47.4 Å². The summed E-state index contributed by atoms with van der Waals surface area (Å²) in [6.45, 7) is -0.0702. The molecule has 1 saturated heterocycles. The molecule has 0 radical (unpaired) electrons. The number of nitrogens with zero attached hydrogens (tertiary/aromatic N) is 1. The van der Waals surface area contributed by atoms with Gasteiger partial charge in [0.05, 0.1) is 4.91 Å². The molecule has 0 bridgehead atoms. The Morgan fingerprint density at radius 2 is 2.03 bits per heavy atom. The molecule has 0 saturated carbocycles. The molecule has 0 atom stereocenters. The lowest BCUT2D eigenvalue weighted by Crippen LogP contribution is -2.38. The average molecular weight is 444 g/mol. The number of nitrogens with one attached hydrogen (secondary N) is 1. The van der Waals surface area contributed by atoms with Crippen molar-refractivity contribution in [2.45, 2.75) is 0 Å². The van der Waals surface area contributed by atoms with E-state index in [1.807, 2.05) is 0 Å². The molecule has 2 aromatic carbocycles. The van der Waals surface area contributed by atoms with Gasteiger partial charge in [0, 0.05) is 19.2 Å². The normalized spacial score (nSPS) is 16.2. The highest BCUT2D eigenvalue weighted by molar-refractivity contribution is 8.18. The van der Waals surface area contributed by atoms with Gasteiger partial charge in [-0.25, -0.2) is 4.39 Å². The third-order valence-corrected chi connectivity index (χ3v) is 5.30. The van der Waals surface area contributed by atoms with Crippen LogP contribution in [0.4, 0.5) is 9.18 Å². The number of hydrogen-bond donors (Lipinski definition) is 1. The van der Waals surface area contributed by atoms with Crippen LogP contribution in [0.3, 0.4) is 0 Å². The van der Waals surface area contributed by atoms with Gasteiger partial charge in [-0.05, 0) is 47.7 Å². The minimum atomic E-state index is -0.467. The van der Waals surface area contributed by atoms with E-state index in [2.05, 4.69) is 5.32 Å². The number of carbonyl (C=O) groups is 3. The second kappa shape index (κ2) is 9.09. The highest BCUT2D eigenvalue weighted by Crippen LogP contribution is 2.36. The van der Waals surface area contributed by atoms with E-state index in [9.17, 15) is 18.8 Å². The van der Waals surface area contributed by atoms with Crippen LogP contribution in [-0.2, 0) is 9.59 Å². The Morgan fingerprint density at radius 3 is 2.87 bits per heavy atom. The molecule has 2 heterocycles. The number of ether oxygens (including phenoxy) is 3. The smallest absolute Gasteiger partial charge is 0.293 e. The number of hydrogen-bond acceptors (Lipinski definition) is 7. The molecule has 0 unspecified atom stereocenters. The van der Waals surface area contributed by atoms with Crippen LogP contribution in [0.25, 0.3) is 6.08 Å². The highest BCUT2D eigenvalue weighted by atomic mass is 32.2. The molecule has 2 aliphatic heterocycles. The Morgan fingerprint density at radius 1 is 1.19 bits per heavy atom. The van der Waals surface area contributed by atoms with Gasteiger partial charge in [0.15, 0.2) is 18.1 Å². The predicted octanol–water partition coefficient (Wildman–Crippen LogP) is 2.79. The minimum Gasteiger partial charge on any atom is -0.484 e. The largest absolute Gasteiger partial charge is 0.484 e.